The lowest BCUT2D eigenvalue weighted by Gasteiger charge is -2.17. The monoisotopic (exact) mass is 225 g/mol. The Balaban J connectivity index is 2.25. The molecule has 0 spiro atoms. The molecule has 0 heterocycles. The molecule has 0 bridgehead atoms. The van der Waals surface area contributed by atoms with E-state index < -0.39 is 0 Å². The van der Waals surface area contributed by atoms with Crippen LogP contribution in [0.25, 0.3) is 0 Å². The summed E-state index contributed by atoms with van der Waals surface area (Å²) in [6.45, 7) is 3.80. The summed E-state index contributed by atoms with van der Waals surface area (Å²) in [6.07, 6.45) is 11.2. The second-order valence-corrected chi connectivity index (χ2v) is 4.43. The zero-order valence-corrected chi connectivity index (χ0v) is 10.0. The molecule has 92 valence electrons. The number of nitrogens with one attached hydrogen (secondary N) is 1. The van der Waals surface area contributed by atoms with Crippen LogP contribution in [0, 0.1) is 0 Å². The zero-order chi connectivity index (χ0) is 11.6. The van der Waals surface area contributed by atoms with Gasteiger partial charge >= 0.3 is 6.09 Å². The number of carbonyl (C=O) groups excluding carboxylic acids is 1. The van der Waals surface area contributed by atoms with Crippen molar-refractivity contribution in [3.8, 4) is 0 Å². The molecule has 16 heavy (non-hydrogen) atoms. The Kier molecular flexibility index (Phi) is 6.70. The topological polar surface area (TPSA) is 38.3 Å². The van der Waals surface area contributed by atoms with E-state index in [2.05, 4.69) is 11.9 Å². The summed E-state index contributed by atoms with van der Waals surface area (Å²) in [5.74, 6) is 0. The maximum atomic E-state index is 11.4. The average molecular weight is 225 g/mol. The van der Waals surface area contributed by atoms with Crippen molar-refractivity contribution in [1.29, 1.82) is 0 Å². The van der Waals surface area contributed by atoms with Crippen LogP contribution in [-0.4, -0.2) is 18.7 Å². The van der Waals surface area contributed by atoms with Crippen molar-refractivity contribution in [2.75, 3.05) is 6.61 Å². The molecule has 0 unspecified atom stereocenters. The molecular weight excluding hydrogens is 202 g/mol. The van der Waals surface area contributed by atoms with Gasteiger partial charge in [-0.3, -0.25) is 0 Å². The van der Waals surface area contributed by atoms with Crippen molar-refractivity contribution in [1.82, 2.24) is 5.32 Å². The van der Waals surface area contributed by atoms with E-state index in [0.29, 0.717) is 12.6 Å². The van der Waals surface area contributed by atoms with E-state index in [-0.39, 0.29) is 6.09 Å². The van der Waals surface area contributed by atoms with E-state index >= 15 is 0 Å². The molecule has 1 amide bonds. The van der Waals surface area contributed by atoms with Gasteiger partial charge in [0.05, 0.1) is 0 Å². The Bertz CT molecular complexity index is 206. The highest BCUT2D eigenvalue weighted by atomic mass is 16.5. The third kappa shape index (κ3) is 5.79. The van der Waals surface area contributed by atoms with Crippen molar-refractivity contribution in [3.05, 3.63) is 12.7 Å². The molecule has 1 aliphatic carbocycles. The lowest BCUT2D eigenvalue weighted by molar-refractivity contribution is 0.152. The first-order chi connectivity index (χ1) is 7.83. The van der Waals surface area contributed by atoms with E-state index in [0.717, 1.165) is 12.8 Å². The van der Waals surface area contributed by atoms with Gasteiger partial charge in [-0.1, -0.05) is 51.2 Å². The zero-order valence-electron chi connectivity index (χ0n) is 10.0. The van der Waals surface area contributed by atoms with Gasteiger partial charge in [0.15, 0.2) is 0 Å². The number of rotatable bonds is 3. The number of ether oxygens (including phenoxy) is 1. The summed E-state index contributed by atoms with van der Waals surface area (Å²) in [6, 6.07) is 0.301. The van der Waals surface area contributed by atoms with Crippen LogP contribution in [0.5, 0.6) is 0 Å². The molecule has 1 saturated carbocycles. The molecule has 0 aromatic carbocycles. The second-order valence-electron chi connectivity index (χ2n) is 4.43. The van der Waals surface area contributed by atoms with E-state index in [9.17, 15) is 4.79 Å². The lowest BCUT2D eigenvalue weighted by Crippen LogP contribution is -2.35. The van der Waals surface area contributed by atoms with Crippen LogP contribution < -0.4 is 5.32 Å². The third-order valence-corrected chi connectivity index (χ3v) is 3.01. The van der Waals surface area contributed by atoms with E-state index in [1.54, 1.807) is 6.08 Å². The van der Waals surface area contributed by atoms with Crippen LogP contribution in [0.2, 0.25) is 0 Å². The standard InChI is InChI=1S/C13H23NO2/c1-2-11-16-13(15)14-12-9-7-5-3-4-6-8-10-12/h2,12H,1,3-11H2,(H,14,15). The molecule has 0 radical (unpaired) electrons. The van der Waals surface area contributed by atoms with Crippen LogP contribution in [0.4, 0.5) is 4.79 Å². The van der Waals surface area contributed by atoms with Crippen molar-refractivity contribution >= 4 is 6.09 Å². The lowest BCUT2D eigenvalue weighted by atomic mass is 10.1. The summed E-state index contributed by atoms with van der Waals surface area (Å²) in [7, 11) is 0. The average Bonchev–Trinajstić information content (AvgIpc) is 2.40. The summed E-state index contributed by atoms with van der Waals surface area (Å²) < 4.78 is 4.93. The summed E-state index contributed by atoms with van der Waals surface area (Å²) >= 11 is 0. The quantitative estimate of drug-likeness (QED) is 0.747. The maximum absolute atomic E-state index is 11.4. The fraction of sp³-hybridized carbons (Fsp3) is 0.769. The predicted molar refractivity (Wildman–Crippen MR) is 65.4 cm³/mol. The van der Waals surface area contributed by atoms with Crippen LogP contribution in [0.1, 0.15) is 51.4 Å². The summed E-state index contributed by atoms with van der Waals surface area (Å²) in [5.41, 5.74) is 0. The highest BCUT2D eigenvalue weighted by Gasteiger charge is 2.13. The second kappa shape index (κ2) is 8.20. The minimum atomic E-state index is -0.302. The normalized spacial score (nSPS) is 19.0. The maximum Gasteiger partial charge on any atom is 0.407 e. The minimum absolute atomic E-state index is 0.290. The SMILES string of the molecule is C=CCOC(=O)NC1CCCCCCCC1. The Morgan fingerprint density at radius 3 is 2.31 bits per heavy atom. The molecule has 1 rings (SSSR count). The molecule has 3 nitrogen and oxygen atoms in total. The summed E-state index contributed by atoms with van der Waals surface area (Å²) in [5, 5.41) is 2.94. The van der Waals surface area contributed by atoms with Crippen molar-refractivity contribution in [2.45, 2.75) is 57.4 Å². The van der Waals surface area contributed by atoms with Gasteiger partial charge in [-0.05, 0) is 12.8 Å². The molecule has 0 aromatic heterocycles. The molecule has 1 N–H and O–H groups in total. The number of alkyl carbamates (subject to hydrolysis) is 1. The summed E-state index contributed by atoms with van der Waals surface area (Å²) in [4.78, 5) is 11.4. The first kappa shape index (κ1) is 13.1. The third-order valence-electron chi connectivity index (χ3n) is 3.01. The Morgan fingerprint density at radius 2 is 1.75 bits per heavy atom. The molecule has 3 heteroatoms. The Morgan fingerprint density at radius 1 is 1.19 bits per heavy atom. The minimum Gasteiger partial charge on any atom is -0.445 e. The Hall–Kier alpha value is -0.990. The fourth-order valence-corrected chi connectivity index (χ4v) is 2.12. The molecule has 0 aliphatic heterocycles. The van der Waals surface area contributed by atoms with Gasteiger partial charge in [-0.15, -0.1) is 0 Å². The van der Waals surface area contributed by atoms with Crippen molar-refractivity contribution < 1.29 is 9.53 Å². The van der Waals surface area contributed by atoms with Gasteiger partial charge in [-0.2, -0.15) is 0 Å². The van der Waals surface area contributed by atoms with Crippen molar-refractivity contribution in [2.24, 2.45) is 0 Å². The van der Waals surface area contributed by atoms with Crippen LogP contribution in [0.15, 0.2) is 12.7 Å². The Labute approximate surface area is 98.2 Å². The highest BCUT2D eigenvalue weighted by molar-refractivity contribution is 5.67. The van der Waals surface area contributed by atoms with Gasteiger partial charge in [0.2, 0.25) is 0 Å². The highest BCUT2D eigenvalue weighted by Crippen LogP contribution is 2.16. The molecule has 0 atom stereocenters. The molecule has 0 saturated heterocycles. The number of hydrogen-bond donors (Lipinski definition) is 1. The van der Waals surface area contributed by atoms with E-state index in [1.165, 1.54) is 38.5 Å². The van der Waals surface area contributed by atoms with Gasteiger partial charge in [0, 0.05) is 6.04 Å². The van der Waals surface area contributed by atoms with Crippen LogP contribution >= 0.6 is 0 Å². The molecule has 1 fully saturated rings. The van der Waals surface area contributed by atoms with E-state index in [4.69, 9.17) is 4.74 Å². The van der Waals surface area contributed by atoms with Crippen LogP contribution in [-0.2, 0) is 4.74 Å². The molecule has 0 aromatic rings. The van der Waals surface area contributed by atoms with Gasteiger partial charge in [0.25, 0.3) is 0 Å². The number of amides is 1. The number of carbonyl (C=O) groups is 1. The first-order valence-corrected chi connectivity index (χ1v) is 6.37. The molecular formula is C13H23NO2. The fourth-order valence-electron chi connectivity index (χ4n) is 2.12. The van der Waals surface area contributed by atoms with Gasteiger partial charge < -0.3 is 10.1 Å². The first-order valence-electron chi connectivity index (χ1n) is 6.37. The predicted octanol–water partition coefficient (Wildman–Crippen LogP) is 3.40. The van der Waals surface area contributed by atoms with Gasteiger partial charge in [0.1, 0.15) is 6.61 Å². The largest absolute Gasteiger partial charge is 0.445 e. The smallest absolute Gasteiger partial charge is 0.407 e. The molecule has 1 aliphatic rings. The van der Waals surface area contributed by atoms with Crippen molar-refractivity contribution in [3.63, 3.8) is 0 Å². The van der Waals surface area contributed by atoms with E-state index in [1.807, 2.05) is 0 Å². The number of hydrogen-bond acceptors (Lipinski definition) is 2. The van der Waals surface area contributed by atoms with Gasteiger partial charge in [-0.25, -0.2) is 4.79 Å². The van der Waals surface area contributed by atoms with Crippen LogP contribution in [0.3, 0.4) is 0 Å².